The largest absolute Gasteiger partial charge is 0.321 e. The first-order valence-corrected chi connectivity index (χ1v) is 5.03. The lowest BCUT2D eigenvalue weighted by Gasteiger charge is -2.05. The van der Waals surface area contributed by atoms with Gasteiger partial charge in [0.2, 0.25) is 0 Å². The predicted molar refractivity (Wildman–Crippen MR) is 62.3 cm³/mol. The number of nitrogens with zero attached hydrogens (tertiary/aromatic N) is 2. The van der Waals surface area contributed by atoms with Gasteiger partial charge in [-0.05, 0) is 30.7 Å². The second-order valence-electron chi connectivity index (χ2n) is 3.66. The van der Waals surface area contributed by atoms with Crippen LogP contribution >= 0.6 is 0 Å². The Bertz CT molecular complexity index is 516. The summed E-state index contributed by atoms with van der Waals surface area (Å²) >= 11 is 0. The van der Waals surface area contributed by atoms with Gasteiger partial charge >= 0.3 is 0 Å². The van der Waals surface area contributed by atoms with Crippen molar-refractivity contribution in [2.24, 2.45) is 7.05 Å². The highest BCUT2D eigenvalue weighted by Crippen LogP contribution is 2.11. The Morgan fingerprint density at radius 2 is 2.19 bits per heavy atom. The van der Waals surface area contributed by atoms with Gasteiger partial charge in [0, 0.05) is 18.9 Å². The summed E-state index contributed by atoms with van der Waals surface area (Å²) in [6.45, 7) is 1.99. The first kappa shape index (κ1) is 10.4. The number of nitrogens with one attached hydrogen (secondary N) is 1. The van der Waals surface area contributed by atoms with Crippen molar-refractivity contribution in [2.75, 3.05) is 5.32 Å². The van der Waals surface area contributed by atoms with E-state index in [1.807, 2.05) is 31.2 Å². The van der Waals surface area contributed by atoms with E-state index in [0.717, 1.165) is 11.3 Å². The Balaban J connectivity index is 2.17. The number of aromatic nitrogens is 2. The van der Waals surface area contributed by atoms with Crippen molar-refractivity contribution in [3.05, 3.63) is 47.8 Å². The molecule has 0 bridgehead atoms. The Morgan fingerprint density at radius 3 is 2.81 bits per heavy atom. The van der Waals surface area contributed by atoms with E-state index >= 15 is 0 Å². The Labute approximate surface area is 93.9 Å². The summed E-state index contributed by atoms with van der Waals surface area (Å²) < 4.78 is 1.55. The monoisotopic (exact) mass is 215 g/mol. The van der Waals surface area contributed by atoms with Crippen LogP contribution in [0.4, 0.5) is 5.69 Å². The number of carbonyl (C=O) groups excluding carboxylic acids is 1. The van der Waals surface area contributed by atoms with Crippen LogP contribution in [-0.2, 0) is 7.05 Å². The maximum absolute atomic E-state index is 11.8. The Kier molecular flexibility index (Phi) is 2.72. The van der Waals surface area contributed by atoms with Gasteiger partial charge in [-0.3, -0.25) is 9.48 Å². The number of anilines is 1. The van der Waals surface area contributed by atoms with E-state index in [1.54, 1.807) is 24.0 Å². The molecule has 0 aliphatic heterocycles. The van der Waals surface area contributed by atoms with E-state index < -0.39 is 0 Å². The van der Waals surface area contributed by atoms with E-state index in [2.05, 4.69) is 10.4 Å². The average Bonchev–Trinajstić information content (AvgIpc) is 2.64. The normalized spacial score (nSPS) is 10.1. The molecule has 16 heavy (non-hydrogen) atoms. The summed E-state index contributed by atoms with van der Waals surface area (Å²) in [5, 5.41) is 6.78. The Hall–Kier alpha value is -2.10. The number of aryl methyl sites for hydroxylation is 2. The minimum atomic E-state index is -0.148. The van der Waals surface area contributed by atoms with Crippen molar-refractivity contribution in [1.29, 1.82) is 0 Å². The highest BCUT2D eigenvalue weighted by atomic mass is 16.2. The fraction of sp³-hybridized carbons (Fsp3) is 0.167. The molecule has 0 spiro atoms. The lowest BCUT2D eigenvalue weighted by atomic mass is 10.2. The van der Waals surface area contributed by atoms with Gasteiger partial charge in [0.1, 0.15) is 5.69 Å². The van der Waals surface area contributed by atoms with Crippen molar-refractivity contribution in [2.45, 2.75) is 6.92 Å². The molecule has 1 aromatic carbocycles. The molecule has 4 nitrogen and oxygen atoms in total. The predicted octanol–water partition coefficient (Wildman–Crippen LogP) is 1.98. The fourth-order valence-corrected chi connectivity index (χ4v) is 1.51. The molecule has 4 heteroatoms. The zero-order valence-corrected chi connectivity index (χ0v) is 9.27. The van der Waals surface area contributed by atoms with E-state index in [-0.39, 0.29) is 5.91 Å². The van der Waals surface area contributed by atoms with Crippen LogP contribution in [0.2, 0.25) is 0 Å². The van der Waals surface area contributed by atoms with Crippen molar-refractivity contribution >= 4 is 11.6 Å². The molecule has 2 rings (SSSR count). The Morgan fingerprint density at radius 1 is 1.38 bits per heavy atom. The summed E-state index contributed by atoms with van der Waals surface area (Å²) in [5.41, 5.74) is 2.45. The summed E-state index contributed by atoms with van der Waals surface area (Å²) in [6, 6.07) is 9.37. The fourth-order valence-electron chi connectivity index (χ4n) is 1.51. The molecule has 1 heterocycles. The van der Waals surface area contributed by atoms with E-state index in [9.17, 15) is 4.79 Å². The van der Waals surface area contributed by atoms with Gasteiger partial charge in [-0.25, -0.2) is 0 Å². The molecule has 1 aromatic heterocycles. The number of carbonyl (C=O) groups is 1. The van der Waals surface area contributed by atoms with Crippen molar-refractivity contribution in [3.8, 4) is 0 Å². The third kappa shape index (κ3) is 2.11. The summed E-state index contributed by atoms with van der Waals surface area (Å²) in [6.07, 6.45) is 1.60. The van der Waals surface area contributed by atoms with Gasteiger partial charge in [0.15, 0.2) is 0 Å². The van der Waals surface area contributed by atoms with Crippen LogP contribution in [0.15, 0.2) is 36.5 Å². The standard InChI is InChI=1S/C12H13N3O/c1-9-4-3-5-10(8-9)14-12(16)11-6-7-13-15(11)2/h3-8H,1-2H3,(H,14,16). The van der Waals surface area contributed by atoms with Gasteiger partial charge in [-0.15, -0.1) is 0 Å². The van der Waals surface area contributed by atoms with E-state index in [4.69, 9.17) is 0 Å². The highest BCUT2D eigenvalue weighted by molar-refractivity contribution is 6.03. The van der Waals surface area contributed by atoms with Crippen molar-refractivity contribution in [1.82, 2.24) is 9.78 Å². The lowest BCUT2D eigenvalue weighted by Crippen LogP contribution is -2.16. The molecule has 0 aliphatic carbocycles. The molecule has 1 amide bonds. The SMILES string of the molecule is Cc1cccc(NC(=O)c2ccnn2C)c1. The topological polar surface area (TPSA) is 46.9 Å². The molecular weight excluding hydrogens is 202 g/mol. The summed E-state index contributed by atoms with van der Waals surface area (Å²) in [4.78, 5) is 11.8. The van der Waals surface area contributed by atoms with Crippen molar-refractivity contribution < 1.29 is 4.79 Å². The molecule has 2 aromatic rings. The zero-order valence-electron chi connectivity index (χ0n) is 9.27. The molecule has 82 valence electrons. The quantitative estimate of drug-likeness (QED) is 0.832. The molecule has 0 unspecified atom stereocenters. The average molecular weight is 215 g/mol. The van der Waals surface area contributed by atoms with Crippen LogP contribution in [0.5, 0.6) is 0 Å². The number of rotatable bonds is 2. The number of benzene rings is 1. The number of hydrogen-bond acceptors (Lipinski definition) is 2. The van der Waals surface area contributed by atoms with Crippen LogP contribution < -0.4 is 5.32 Å². The summed E-state index contributed by atoms with van der Waals surface area (Å²) in [5.74, 6) is -0.148. The maximum Gasteiger partial charge on any atom is 0.273 e. The van der Waals surface area contributed by atoms with Crippen molar-refractivity contribution in [3.63, 3.8) is 0 Å². The van der Waals surface area contributed by atoms with Gasteiger partial charge in [0.25, 0.3) is 5.91 Å². The molecule has 0 saturated heterocycles. The lowest BCUT2D eigenvalue weighted by molar-refractivity contribution is 0.101. The van der Waals surface area contributed by atoms with Crippen LogP contribution in [0.3, 0.4) is 0 Å². The first-order chi connectivity index (χ1) is 7.66. The second kappa shape index (κ2) is 4.18. The van der Waals surface area contributed by atoms with Crippen LogP contribution in [0.25, 0.3) is 0 Å². The van der Waals surface area contributed by atoms with Gasteiger partial charge in [-0.2, -0.15) is 5.10 Å². The minimum Gasteiger partial charge on any atom is -0.321 e. The highest BCUT2D eigenvalue weighted by Gasteiger charge is 2.09. The molecule has 0 fully saturated rings. The number of amides is 1. The molecule has 0 radical (unpaired) electrons. The molecule has 0 saturated carbocycles. The smallest absolute Gasteiger partial charge is 0.273 e. The first-order valence-electron chi connectivity index (χ1n) is 5.03. The summed E-state index contributed by atoms with van der Waals surface area (Å²) in [7, 11) is 1.74. The third-order valence-electron chi connectivity index (χ3n) is 2.33. The van der Waals surface area contributed by atoms with E-state index in [0.29, 0.717) is 5.69 Å². The maximum atomic E-state index is 11.8. The minimum absolute atomic E-state index is 0.148. The van der Waals surface area contributed by atoms with Crippen LogP contribution in [0, 0.1) is 6.92 Å². The van der Waals surface area contributed by atoms with E-state index in [1.165, 1.54) is 0 Å². The second-order valence-corrected chi connectivity index (χ2v) is 3.66. The number of hydrogen-bond donors (Lipinski definition) is 1. The molecule has 0 aliphatic rings. The molecule has 0 atom stereocenters. The molecule has 1 N–H and O–H groups in total. The van der Waals surface area contributed by atoms with Crippen LogP contribution in [0.1, 0.15) is 16.1 Å². The van der Waals surface area contributed by atoms with Gasteiger partial charge in [0.05, 0.1) is 0 Å². The van der Waals surface area contributed by atoms with Gasteiger partial charge < -0.3 is 5.32 Å². The van der Waals surface area contributed by atoms with Gasteiger partial charge in [-0.1, -0.05) is 12.1 Å². The van der Waals surface area contributed by atoms with Crippen LogP contribution in [-0.4, -0.2) is 15.7 Å². The third-order valence-corrected chi connectivity index (χ3v) is 2.33. The zero-order chi connectivity index (χ0) is 11.5. The molecular formula is C12H13N3O.